The van der Waals surface area contributed by atoms with Crippen LogP contribution >= 0.6 is 0 Å². The van der Waals surface area contributed by atoms with E-state index < -0.39 is 41.8 Å². The quantitative estimate of drug-likeness (QED) is 0.0173. The van der Waals surface area contributed by atoms with E-state index in [0.29, 0.717) is 47.8 Å². The molecule has 0 amide bonds. The van der Waals surface area contributed by atoms with Crippen molar-refractivity contribution in [2.24, 2.45) is 0 Å². The second-order valence-corrected chi connectivity index (χ2v) is 24.9. The van der Waals surface area contributed by atoms with E-state index in [-0.39, 0.29) is 79.1 Å². The first-order valence-electron chi connectivity index (χ1n) is 36.9. The van der Waals surface area contributed by atoms with Crippen LogP contribution in [0.2, 0.25) is 0 Å². The summed E-state index contributed by atoms with van der Waals surface area (Å²) in [5.74, 6) is -2.31. The van der Waals surface area contributed by atoms with Crippen molar-refractivity contribution >= 4 is 41.8 Å². The molecule has 0 fully saturated rings. The molecule has 554 valence electrons. The lowest BCUT2D eigenvalue weighted by Gasteiger charge is -2.23. The Morgan fingerprint density at radius 3 is 0.931 bits per heavy atom. The lowest BCUT2D eigenvalue weighted by Crippen LogP contribution is -2.15. The lowest BCUT2D eigenvalue weighted by molar-refractivity contribution is -0.140. The van der Waals surface area contributed by atoms with Crippen molar-refractivity contribution in [3.05, 3.63) is 164 Å². The molecule has 4 aromatic rings. The molecule has 18 heteroatoms. The predicted octanol–water partition coefficient (Wildman–Crippen LogP) is 16.1. The highest BCUT2D eigenvalue weighted by Gasteiger charge is 2.24. The molecule has 101 heavy (non-hydrogen) atoms. The molecule has 0 unspecified atom stereocenters. The third-order valence-electron chi connectivity index (χ3n) is 16.4. The van der Waals surface area contributed by atoms with Crippen LogP contribution in [0.3, 0.4) is 0 Å². The molecule has 0 aromatic heterocycles. The van der Waals surface area contributed by atoms with E-state index in [1.165, 1.54) is 5.56 Å². The Morgan fingerprint density at radius 2 is 0.604 bits per heavy atom. The standard InChI is InChI=1S/C83H114O18/c1-11-19-23-27-31-62-35-36-73(94-43-44-95-77(87)40-37-74(84)91-16-6)67(51-62)58-68-54-64(33-29-25-21-13-3)55-71(81(68)99-47-45-96-78(88)41-38-75(85)92-17-7)60-72-57-65(34-30-26-22-14-4)56-70(82(72)100-48-46-97-79(89)42-39-76(86)93-18-8)59-69-53-63(32-28-24-20-12-2)52-66(15-5)80(69)98-49-50-101-83(90)61(9)10/h35-42,51-57H,9,11-34,43-50,58-60H2,1-8,10H3/b40-37-,41-38-,42-39-. The number of carbonyl (C=O) groups excluding carboxylic acids is 7. The summed E-state index contributed by atoms with van der Waals surface area (Å²) >= 11 is 0. The van der Waals surface area contributed by atoms with Crippen molar-refractivity contribution in [1.82, 2.24) is 0 Å². The molecular formula is C83H114O18. The third-order valence-corrected chi connectivity index (χ3v) is 16.4. The van der Waals surface area contributed by atoms with E-state index in [4.69, 9.17) is 52.1 Å². The molecule has 0 aliphatic heterocycles. The normalized spacial score (nSPS) is 11.2. The molecule has 0 N–H and O–H groups in total. The molecule has 4 aromatic carbocycles. The Balaban J connectivity index is 2.09. The van der Waals surface area contributed by atoms with Crippen LogP contribution in [0.4, 0.5) is 0 Å². The van der Waals surface area contributed by atoms with Gasteiger partial charge in [-0.25, -0.2) is 33.6 Å². The minimum absolute atomic E-state index is 0.00871. The molecule has 0 saturated heterocycles. The van der Waals surface area contributed by atoms with E-state index in [1.54, 1.807) is 27.7 Å². The van der Waals surface area contributed by atoms with Gasteiger partial charge in [0.1, 0.15) is 75.9 Å². The van der Waals surface area contributed by atoms with Crippen molar-refractivity contribution in [2.75, 3.05) is 72.7 Å². The van der Waals surface area contributed by atoms with Crippen molar-refractivity contribution in [2.45, 2.75) is 216 Å². The average Bonchev–Trinajstić information content (AvgIpc) is 0.790. The largest absolute Gasteiger partial charge is 0.490 e. The van der Waals surface area contributed by atoms with Gasteiger partial charge in [-0.1, -0.05) is 167 Å². The Labute approximate surface area is 601 Å². The molecule has 0 spiro atoms. The maximum Gasteiger partial charge on any atom is 0.333 e. The van der Waals surface area contributed by atoms with Gasteiger partial charge in [0.05, 0.1) is 19.8 Å². The van der Waals surface area contributed by atoms with Gasteiger partial charge in [0.2, 0.25) is 0 Å². The first-order chi connectivity index (χ1) is 49.0. The molecule has 4 rings (SSSR count). The fourth-order valence-electron chi connectivity index (χ4n) is 11.5. The molecule has 0 heterocycles. The van der Waals surface area contributed by atoms with Crippen molar-refractivity contribution < 1.29 is 85.7 Å². The number of hydrogen-bond donors (Lipinski definition) is 0. The highest BCUT2D eigenvalue weighted by atomic mass is 16.6. The second kappa shape index (κ2) is 50.6. The SMILES string of the molecule is C=C(C)C(=O)OCCOc1c(CC)cc(CCCCCC)cc1Cc1cc(CCCCCC)cc(Cc2cc(CCCCCC)cc(Cc3cc(CCCCCC)ccc3OCCOC(=O)/C=C\C(=O)OCC)c2OCCOC(=O)/C=C\C(=O)OCC)c1OCCOC(=O)/C=C\C(=O)OCC. The number of aryl methyl sites for hydroxylation is 5. The number of unbranched alkanes of at least 4 members (excludes halogenated alkanes) is 12. The maximum atomic E-state index is 13.1. The Kier molecular flexibility index (Phi) is 42.5. The molecule has 0 bridgehead atoms. The van der Waals surface area contributed by atoms with Gasteiger partial charge in [0.15, 0.2) is 0 Å². The van der Waals surface area contributed by atoms with E-state index in [1.807, 2.05) is 6.07 Å². The number of benzene rings is 4. The molecule has 18 nitrogen and oxygen atoms in total. The highest BCUT2D eigenvalue weighted by Crippen LogP contribution is 2.39. The zero-order valence-electron chi connectivity index (χ0n) is 62.0. The van der Waals surface area contributed by atoms with Crippen LogP contribution in [0.25, 0.3) is 0 Å². The van der Waals surface area contributed by atoms with Gasteiger partial charge in [-0.2, -0.15) is 0 Å². The third kappa shape index (κ3) is 34.0. The zero-order valence-corrected chi connectivity index (χ0v) is 62.0. The molecule has 0 radical (unpaired) electrons. The molecule has 0 saturated carbocycles. The topological polar surface area (TPSA) is 221 Å². The zero-order chi connectivity index (χ0) is 73.4. The predicted molar refractivity (Wildman–Crippen MR) is 393 cm³/mol. The molecule has 0 aliphatic rings. The van der Waals surface area contributed by atoms with E-state index in [9.17, 15) is 33.6 Å². The smallest absolute Gasteiger partial charge is 0.333 e. The van der Waals surface area contributed by atoms with Gasteiger partial charge in [-0.05, 0) is 153 Å². The molecular weight excluding hydrogens is 1280 g/mol. The van der Waals surface area contributed by atoms with Crippen molar-refractivity contribution in [3.63, 3.8) is 0 Å². The maximum absolute atomic E-state index is 13.1. The van der Waals surface area contributed by atoms with Crippen LogP contribution in [0.15, 0.2) is 103 Å². The Hall–Kier alpha value is -8.67. The van der Waals surface area contributed by atoms with E-state index in [0.717, 1.165) is 221 Å². The summed E-state index contributed by atoms with van der Waals surface area (Å²) < 4.78 is 64.4. The summed E-state index contributed by atoms with van der Waals surface area (Å²) in [6.45, 7) is 21.3. The average molecular weight is 1400 g/mol. The van der Waals surface area contributed by atoms with Crippen molar-refractivity contribution in [1.29, 1.82) is 0 Å². The summed E-state index contributed by atoms with van der Waals surface area (Å²) in [4.78, 5) is 87.8. The lowest BCUT2D eigenvalue weighted by atomic mass is 9.89. The number of carbonyl (C=O) groups is 7. The van der Waals surface area contributed by atoms with Crippen LogP contribution in [0, 0.1) is 0 Å². The van der Waals surface area contributed by atoms with Crippen LogP contribution in [0.5, 0.6) is 23.0 Å². The van der Waals surface area contributed by atoms with Crippen LogP contribution in [0.1, 0.15) is 226 Å². The van der Waals surface area contributed by atoms with E-state index >= 15 is 0 Å². The number of ether oxygens (including phenoxy) is 11. The minimum Gasteiger partial charge on any atom is -0.490 e. The summed E-state index contributed by atoms with van der Waals surface area (Å²) in [6.07, 6.45) is 27.8. The van der Waals surface area contributed by atoms with Crippen LogP contribution in [-0.2, 0) is 118 Å². The summed E-state index contributed by atoms with van der Waals surface area (Å²) in [5, 5.41) is 0. The minimum atomic E-state index is -0.749. The number of rotatable bonds is 53. The number of esters is 7. The molecule has 0 atom stereocenters. The summed E-state index contributed by atoms with van der Waals surface area (Å²) in [7, 11) is 0. The first kappa shape index (κ1) is 84.7. The van der Waals surface area contributed by atoms with Crippen LogP contribution < -0.4 is 18.9 Å². The Bertz CT molecular complexity index is 3320. The van der Waals surface area contributed by atoms with Gasteiger partial charge >= 0.3 is 41.8 Å². The summed E-state index contributed by atoms with van der Waals surface area (Å²) in [6, 6.07) is 19.4. The Morgan fingerprint density at radius 1 is 0.317 bits per heavy atom. The van der Waals surface area contributed by atoms with E-state index in [2.05, 4.69) is 89.7 Å². The fourth-order valence-corrected chi connectivity index (χ4v) is 11.5. The molecule has 0 aliphatic carbocycles. The highest BCUT2D eigenvalue weighted by molar-refractivity contribution is 5.93. The van der Waals surface area contributed by atoms with Gasteiger partial charge in [-0.3, -0.25) is 0 Å². The van der Waals surface area contributed by atoms with Gasteiger partial charge < -0.3 is 52.1 Å². The second-order valence-electron chi connectivity index (χ2n) is 24.9. The van der Waals surface area contributed by atoms with Crippen molar-refractivity contribution in [3.8, 4) is 23.0 Å². The summed E-state index contributed by atoms with van der Waals surface area (Å²) in [5.41, 5.74) is 10.9. The van der Waals surface area contributed by atoms with Gasteiger partial charge in [-0.15, -0.1) is 0 Å². The fraction of sp³-hybridized carbons (Fsp3) is 0.530. The monoisotopic (exact) mass is 1400 g/mol. The first-order valence-corrected chi connectivity index (χ1v) is 36.9. The van der Waals surface area contributed by atoms with Crippen LogP contribution in [-0.4, -0.2) is 114 Å². The number of hydrogen-bond acceptors (Lipinski definition) is 18. The van der Waals surface area contributed by atoms with Gasteiger partial charge in [0.25, 0.3) is 0 Å². The van der Waals surface area contributed by atoms with Gasteiger partial charge in [0, 0.05) is 61.3 Å².